The zero-order valence-corrected chi connectivity index (χ0v) is 12.6. The summed E-state index contributed by atoms with van der Waals surface area (Å²) in [7, 11) is 0. The van der Waals surface area contributed by atoms with Crippen LogP contribution in [0.1, 0.15) is 31.7 Å². The number of hydrogen-bond acceptors (Lipinski definition) is 1. The van der Waals surface area contributed by atoms with Crippen molar-refractivity contribution in [3.8, 4) is 5.75 Å². The summed E-state index contributed by atoms with van der Waals surface area (Å²) in [5.74, 6) is 1.73. The van der Waals surface area contributed by atoms with Crippen molar-refractivity contribution in [1.82, 2.24) is 0 Å². The Morgan fingerprint density at radius 2 is 2.00 bits per heavy atom. The van der Waals surface area contributed by atoms with Crippen LogP contribution >= 0.6 is 0 Å². The maximum atomic E-state index is 9.53. The standard InChI is InChI=1S/C14H23AsO/c1-5-14(11(2)10-15(3)4)12-7-6-8-13(16)9-12/h6-9,11,14,16H,5,10H2,1-4H3/t11-,14+/m0/s1. The quantitative estimate of drug-likeness (QED) is 0.799. The molecule has 0 saturated heterocycles. The van der Waals surface area contributed by atoms with Crippen molar-refractivity contribution in [1.29, 1.82) is 0 Å². The fourth-order valence-corrected chi connectivity index (χ4v) is 5.38. The molecule has 16 heavy (non-hydrogen) atoms. The third-order valence-corrected chi connectivity index (χ3v) is 5.82. The van der Waals surface area contributed by atoms with Gasteiger partial charge in [-0.25, -0.2) is 0 Å². The first-order chi connectivity index (χ1) is 7.54. The van der Waals surface area contributed by atoms with Gasteiger partial charge in [0.15, 0.2) is 0 Å². The number of phenolic OH excluding ortho intramolecular Hbond substituents is 1. The predicted molar refractivity (Wildman–Crippen MR) is 72.6 cm³/mol. The van der Waals surface area contributed by atoms with E-state index >= 15 is 0 Å². The summed E-state index contributed by atoms with van der Waals surface area (Å²) >= 11 is -0.559. The SMILES string of the molecule is CC[C@@H](c1cccc(O)c1)[C@@H](C)C[As](C)C. The minimum atomic E-state index is -0.559. The Morgan fingerprint density at radius 1 is 1.31 bits per heavy atom. The molecule has 2 heteroatoms. The molecule has 0 aliphatic carbocycles. The van der Waals surface area contributed by atoms with Crippen LogP contribution in [0.3, 0.4) is 0 Å². The van der Waals surface area contributed by atoms with E-state index in [9.17, 15) is 5.11 Å². The van der Waals surface area contributed by atoms with Crippen LogP contribution in [0.15, 0.2) is 24.3 Å². The second kappa shape index (κ2) is 6.35. The normalized spacial score (nSPS) is 15.1. The van der Waals surface area contributed by atoms with Gasteiger partial charge in [0.2, 0.25) is 0 Å². The van der Waals surface area contributed by atoms with Crippen LogP contribution in [-0.4, -0.2) is 19.8 Å². The molecule has 1 rings (SSSR count). The topological polar surface area (TPSA) is 20.2 Å². The molecule has 1 aromatic carbocycles. The average Bonchev–Trinajstić information content (AvgIpc) is 2.17. The van der Waals surface area contributed by atoms with Crippen molar-refractivity contribution < 1.29 is 5.11 Å². The van der Waals surface area contributed by atoms with Crippen molar-refractivity contribution in [3.63, 3.8) is 0 Å². The molecule has 0 spiro atoms. The Kier molecular flexibility index (Phi) is 5.41. The molecule has 0 fully saturated rings. The van der Waals surface area contributed by atoms with Gasteiger partial charge in [0.25, 0.3) is 0 Å². The van der Waals surface area contributed by atoms with Crippen molar-refractivity contribution in [3.05, 3.63) is 29.8 Å². The molecule has 1 aromatic rings. The Labute approximate surface area is 104 Å². The summed E-state index contributed by atoms with van der Waals surface area (Å²) in [5, 5.41) is 10.9. The molecule has 0 saturated carbocycles. The van der Waals surface area contributed by atoms with Crippen molar-refractivity contribution in [2.45, 2.75) is 42.8 Å². The predicted octanol–water partition coefficient (Wildman–Crippen LogP) is 4.28. The van der Waals surface area contributed by atoms with Gasteiger partial charge in [-0.15, -0.1) is 0 Å². The molecule has 0 aromatic heterocycles. The summed E-state index contributed by atoms with van der Waals surface area (Å²) in [5.41, 5.74) is 6.13. The fourth-order valence-electron chi connectivity index (χ4n) is 2.43. The van der Waals surface area contributed by atoms with Crippen LogP contribution in [0.25, 0.3) is 0 Å². The first-order valence-corrected chi connectivity index (χ1v) is 11.1. The van der Waals surface area contributed by atoms with Crippen molar-refractivity contribution >= 4 is 14.7 Å². The molecule has 0 aliphatic rings. The van der Waals surface area contributed by atoms with Crippen LogP contribution in [0, 0.1) is 5.92 Å². The van der Waals surface area contributed by atoms with E-state index in [2.05, 4.69) is 31.3 Å². The van der Waals surface area contributed by atoms with Crippen LogP contribution < -0.4 is 0 Å². The zero-order valence-electron chi connectivity index (χ0n) is 10.8. The molecular formula is C14H23AsO. The Balaban J connectivity index is 2.81. The van der Waals surface area contributed by atoms with Gasteiger partial charge in [0.1, 0.15) is 0 Å². The number of hydrogen-bond donors (Lipinski definition) is 1. The number of benzene rings is 1. The molecule has 0 unspecified atom stereocenters. The van der Waals surface area contributed by atoms with Gasteiger partial charge in [0, 0.05) is 0 Å². The van der Waals surface area contributed by atoms with Crippen molar-refractivity contribution in [2.24, 2.45) is 5.92 Å². The molecule has 0 heterocycles. The molecule has 0 amide bonds. The molecule has 0 bridgehead atoms. The Bertz CT molecular complexity index is 322. The summed E-state index contributed by atoms with van der Waals surface area (Å²) in [6, 6.07) is 7.77. The van der Waals surface area contributed by atoms with Gasteiger partial charge in [-0.3, -0.25) is 0 Å². The van der Waals surface area contributed by atoms with E-state index in [1.54, 1.807) is 6.07 Å². The third-order valence-electron chi connectivity index (χ3n) is 3.08. The van der Waals surface area contributed by atoms with Gasteiger partial charge < -0.3 is 0 Å². The Hall–Kier alpha value is -0.422. The van der Waals surface area contributed by atoms with Gasteiger partial charge in [-0.2, -0.15) is 0 Å². The molecule has 1 N–H and O–H groups in total. The minimum absolute atomic E-state index is 0.394. The van der Waals surface area contributed by atoms with Crippen LogP contribution in [0.4, 0.5) is 0 Å². The second-order valence-corrected chi connectivity index (χ2v) is 10.1. The first kappa shape index (κ1) is 13.6. The number of rotatable bonds is 5. The average molecular weight is 282 g/mol. The van der Waals surface area contributed by atoms with Gasteiger partial charge >= 0.3 is 104 Å². The molecule has 1 nitrogen and oxygen atoms in total. The second-order valence-electron chi connectivity index (χ2n) is 4.85. The monoisotopic (exact) mass is 282 g/mol. The van der Waals surface area contributed by atoms with E-state index in [-0.39, 0.29) is 0 Å². The third kappa shape index (κ3) is 3.86. The molecule has 0 radical (unpaired) electrons. The van der Waals surface area contributed by atoms with Gasteiger partial charge in [0.05, 0.1) is 0 Å². The van der Waals surface area contributed by atoms with Crippen LogP contribution in [0.2, 0.25) is 16.6 Å². The van der Waals surface area contributed by atoms with Crippen LogP contribution in [0.5, 0.6) is 5.75 Å². The van der Waals surface area contributed by atoms with Crippen LogP contribution in [-0.2, 0) is 0 Å². The summed E-state index contributed by atoms with van der Waals surface area (Å²) < 4.78 is 0. The van der Waals surface area contributed by atoms with E-state index < -0.39 is 14.7 Å². The van der Waals surface area contributed by atoms with E-state index in [0.29, 0.717) is 11.7 Å². The Morgan fingerprint density at radius 3 is 2.50 bits per heavy atom. The summed E-state index contributed by atoms with van der Waals surface area (Å²) in [6.45, 7) is 4.60. The van der Waals surface area contributed by atoms with E-state index in [4.69, 9.17) is 0 Å². The van der Waals surface area contributed by atoms with E-state index in [1.807, 2.05) is 12.1 Å². The van der Waals surface area contributed by atoms with Gasteiger partial charge in [-0.05, 0) is 0 Å². The first-order valence-electron chi connectivity index (χ1n) is 5.98. The maximum absolute atomic E-state index is 9.53. The summed E-state index contributed by atoms with van der Waals surface area (Å²) in [4.78, 5) is 0. The van der Waals surface area contributed by atoms with E-state index in [1.165, 1.54) is 10.8 Å². The van der Waals surface area contributed by atoms with Crippen molar-refractivity contribution in [2.75, 3.05) is 0 Å². The fraction of sp³-hybridized carbons (Fsp3) is 0.571. The van der Waals surface area contributed by atoms with Gasteiger partial charge in [-0.1, -0.05) is 0 Å². The molecular weight excluding hydrogens is 259 g/mol. The van der Waals surface area contributed by atoms with E-state index in [0.717, 1.165) is 12.3 Å². The number of phenols is 1. The molecule has 90 valence electrons. The molecule has 0 aliphatic heterocycles. The number of aromatic hydroxyl groups is 1. The zero-order chi connectivity index (χ0) is 12.1. The summed E-state index contributed by atoms with van der Waals surface area (Å²) in [6.07, 6.45) is 1.16. The molecule has 2 atom stereocenters.